The number of nitrogens with two attached hydrogens (primary N) is 1. The Morgan fingerprint density at radius 1 is 1.42 bits per heavy atom. The van der Waals surface area contributed by atoms with Crippen molar-refractivity contribution in [3.8, 4) is 5.75 Å². The first-order valence-corrected chi connectivity index (χ1v) is 5.95. The zero-order valence-electron chi connectivity index (χ0n) is 11.4. The van der Waals surface area contributed by atoms with Crippen LogP contribution in [0.15, 0.2) is 18.2 Å². The smallest absolute Gasteiger partial charge is 0.255 e. The van der Waals surface area contributed by atoms with Gasteiger partial charge in [0.1, 0.15) is 5.75 Å². The molecule has 6 heteroatoms. The van der Waals surface area contributed by atoms with Gasteiger partial charge in [0.05, 0.1) is 19.2 Å². The van der Waals surface area contributed by atoms with Crippen LogP contribution in [-0.4, -0.2) is 44.0 Å². The van der Waals surface area contributed by atoms with Gasteiger partial charge in [0, 0.05) is 25.3 Å². The van der Waals surface area contributed by atoms with Gasteiger partial charge in [-0.15, -0.1) is 0 Å². The number of amides is 2. The Labute approximate surface area is 112 Å². The number of nitrogens with one attached hydrogen (secondary N) is 1. The minimum Gasteiger partial charge on any atom is -0.496 e. The molecule has 104 valence electrons. The van der Waals surface area contributed by atoms with E-state index in [4.69, 9.17) is 10.5 Å². The molecule has 2 amide bonds. The van der Waals surface area contributed by atoms with Crippen LogP contribution in [0.25, 0.3) is 0 Å². The van der Waals surface area contributed by atoms with Gasteiger partial charge in [-0.1, -0.05) is 0 Å². The number of carbonyl (C=O) groups is 2. The van der Waals surface area contributed by atoms with Gasteiger partial charge in [-0.05, 0) is 19.1 Å². The number of rotatable bonds is 5. The molecule has 0 saturated carbocycles. The van der Waals surface area contributed by atoms with Crippen LogP contribution in [0, 0.1) is 0 Å². The highest BCUT2D eigenvalue weighted by Gasteiger charge is 2.14. The van der Waals surface area contributed by atoms with Gasteiger partial charge < -0.3 is 20.7 Å². The van der Waals surface area contributed by atoms with Gasteiger partial charge in [0.25, 0.3) is 5.91 Å². The van der Waals surface area contributed by atoms with Crippen LogP contribution in [0.3, 0.4) is 0 Å². The van der Waals surface area contributed by atoms with E-state index in [2.05, 4.69) is 5.32 Å². The van der Waals surface area contributed by atoms with Gasteiger partial charge in [-0.3, -0.25) is 9.59 Å². The third kappa shape index (κ3) is 3.87. The second-order valence-corrected chi connectivity index (χ2v) is 4.05. The zero-order chi connectivity index (χ0) is 14.4. The molecule has 19 heavy (non-hydrogen) atoms. The monoisotopic (exact) mass is 265 g/mol. The second kappa shape index (κ2) is 6.63. The largest absolute Gasteiger partial charge is 0.496 e. The average Bonchev–Trinajstić information content (AvgIpc) is 2.43. The lowest BCUT2D eigenvalue weighted by Crippen LogP contribution is -2.38. The molecule has 0 radical (unpaired) electrons. The molecular weight excluding hydrogens is 246 g/mol. The van der Waals surface area contributed by atoms with Crippen molar-refractivity contribution in [1.82, 2.24) is 10.2 Å². The average molecular weight is 265 g/mol. The Balaban J connectivity index is 2.71. The molecule has 0 spiro atoms. The van der Waals surface area contributed by atoms with E-state index < -0.39 is 0 Å². The van der Waals surface area contributed by atoms with Crippen LogP contribution in [0.2, 0.25) is 0 Å². The molecule has 3 N–H and O–H groups in total. The number of carbonyl (C=O) groups excluding carboxylic acids is 2. The number of benzene rings is 1. The van der Waals surface area contributed by atoms with E-state index >= 15 is 0 Å². The fourth-order valence-corrected chi connectivity index (χ4v) is 1.46. The van der Waals surface area contributed by atoms with Crippen molar-refractivity contribution in [2.45, 2.75) is 6.92 Å². The van der Waals surface area contributed by atoms with Gasteiger partial charge in [0.15, 0.2) is 0 Å². The molecule has 0 unspecified atom stereocenters. The Morgan fingerprint density at radius 3 is 2.68 bits per heavy atom. The summed E-state index contributed by atoms with van der Waals surface area (Å²) in [4.78, 5) is 25.1. The van der Waals surface area contributed by atoms with E-state index in [1.165, 1.54) is 12.0 Å². The van der Waals surface area contributed by atoms with Crippen molar-refractivity contribution in [2.24, 2.45) is 0 Å². The first kappa shape index (κ1) is 14.8. The minimum absolute atomic E-state index is 0.0449. The number of nitrogen functional groups attached to an aromatic ring is 1. The normalized spacial score (nSPS) is 9.84. The fraction of sp³-hybridized carbons (Fsp3) is 0.385. The molecule has 6 nitrogen and oxygen atoms in total. The van der Waals surface area contributed by atoms with E-state index in [1.54, 1.807) is 25.2 Å². The van der Waals surface area contributed by atoms with E-state index in [-0.39, 0.29) is 18.4 Å². The summed E-state index contributed by atoms with van der Waals surface area (Å²) in [5.74, 6) is -0.131. The van der Waals surface area contributed by atoms with E-state index in [1.807, 2.05) is 6.92 Å². The number of anilines is 1. The molecule has 1 aromatic rings. The summed E-state index contributed by atoms with van der Waals surface area (Å²) in [5, 5.41) is 2.56. The molecular formula is C13H19N3O3. The highest BCUT2D eigenvalue weighted by atomic mass is 16.5. The lowest BCUT2D eigenvalue weighted by atomic mass is 10.1. The minimum atomic E-state index is -0.366. The number of methoxy groups -OCH3 is 1. The number of hydrogen-bond donors (Lipinski definition) is 2. The highest BCUT2D eigenvalue weighted by molar-refractivity contribution is 5.99. The van der Waals surface area contributed by atoms with Gasteiger partial charge in [-0.25, -0.2) is 0 Å². The Bertz CT molecular complexity index is 474. The van der Waals surface area contributed by atoms with E-state index in [0.29, 0.717) is 23.5 Å². The molecule has 0 bridgehead atoms. The predicted octanol–water partition coefficient (Wildman–Crippen LogP) is 0.486. The molecule has 1 rings (SSSR count). The van der Waals surface area contributed by atoms with Crippen LogP contribution in [-0.2, 0) is 4.79 Å². The van der Waals surface area contributed by atoms with Crippen molar-refractivity contribution in [1.29, 1.82) is 0 Å². The molecule has 0 aliphatic rings. The van der Waals surface area contributed by atoms with Gasteiger partial charge in [0.2, 0.25) is 5.91 Å². The quantitative estimate of drug-likeness (QED) is 0.759. The number of ether oxygens (including phenoxy) is 1. The first-order chi connectivity index (χ1) is 8.99. The maximum absolute atomic E-state index is 11.9. The number of hydrogen-bond acceptors (Lipinski definition) is 4. The van der Waals surface area contributed by atoms with Crippen molar-refractivity contribution < 1.29 is 14.3 Å². The zero-order valence-corrected chi connectivity index (χ0v) is 11.4. The molecule has 0 aromatic heterocycles. The maximum Gasteiger partial charge on any atom is 0.255 e. The highest BCUT2D eigenvalue weighted by Crippen LogP contribution is 2.21. The SMILES string of the molecule is CCN(C)C(=O)CNC(=O)c1ccc(N)cc1OC. The third-order valence-corrected chi connectivity index (χ3v) is 2.77. The summed E-state index contributed by atoms with van der Waals surface area (Å²) >= 11 is 0. The Morgan fingerprint density at radius 2 is 2.11 bits per heavy atom. The molecule has 0 fully saturated rings. The van der Waals surface area contributed by atoms with Crippen molar-refractivity contribution in [3.05, 3.63) is 23.8 Å². The molecule has 1 aromatic carbocycles. The molecule has 0 aliphatic carbocycles. The Kier molecular flexibility index (Phi) is 5.17. The standard InChI is InChI=1S/C13H19N3O3/c1-4-16(2)12(17)8-15-13(18)10-6-5-9(14)7-11(10)19-3/h5-7H,4,8,14H2,1-3H3,(H,15,18). The summed E-state index contributed by atoms with van der Waals surface area (Å²) in [5.41, 5.74) is 6.47. The molecule has 0 saturated heterocycles. The lowest BCUT2D eigenvalue weighted by molar-refractivity contribution is -0.128. The summed E-state index contributed by atoms with van der Waals surface area (Å²) in [7, 11) is 3.14. The topological polar surface area (TPSA) is 84.7 Å². The summed E-state index contributed by atoms with van der Waals surface area (Å²) < 4.78 is 5.09. The summed E-state index contributed by atoms with van der Waals surface area (Å²) in [6.07, 6.45) is 0. The van der Waals surface area contributed by atoms with Crippen LogP contribution in [0.1, 0.15) is 17.3 Å². The summed E-state index contributed by atoms with van der Waals surface area (Å²) in [6, 6.07) is 4.74. The first-order valence-electron chi connectivity index (χ1n) is 5.95. The van der Waals surface area contributed by atoms with Crippen LogP contribution in [0.4, 0.5) is 5.69 Å². The molecule has 0 heterocycles. The maximum atomic E-state index is 11.9. The van der Waals surface area contributed by atoms with Crippen LogP contribution in [0.5, 0.6) is 5.75 Å². The fourth-order valence-electron chi connectivity index (χ4n) is 1.46. The number of nitrogens with zero attached hydrogens (tertiary/aromatic N) is 1. The van der Waals surface area contributed by atoms with E-state index in [9.17, 15) is 9.59 Å². The Hall–Kier alpha value is -2.24. The second-order valence-electron chi connectivity index (χ2n) is 4.05. The molecule has 0 atom stereocenters. The van der Waals surface area contributed by atoms with Crippen LogP contribution < -0.4 is 15.8 Å². The van der Waals surface area contributed by atoms with Crippen molar-refractivity contribution in [2.75, 3.05) is 33.0 Å². The summed E-state index contributed by atoms with van der Waals surface area (Å²) in [6.45, 7) is 2.42. The van der Waals surface area contributed by atoms with Crippen molar-refractivity contribution >= 4 is 17.5 Å². The lowest BCUT2D eigenvalue weighted by Gasteiger charge is -2.15. The third-order valence-electron chi connectivity index (χ3n) is 2.77. The van der Waals surface area contributed by atoms with E-state index in [0.717, 1.165) is 0 Å². The van der Waals surface area contributed by atoms with Crippen LogP contribution >= 0.6 is 0 Å². The number of likely N-dealkylation sites (N-methyl/N-ethyl adjacent to an activating group) is 1. The predicted molar refractivity (Wildman–Crippen MR) is 73.1 cm³/mol. The van der Waals surface area contributed by atoms with Gasteiger partial charge in [-0.2, -0.15) is 0 Å². The molecule has 0 aliphatic heterocycles. The van der Waals surface area contributed by atoms with Crippen molar-refractivity contribution in [3.63, 3.8) is 0 Å². The van der Waals surface area contributed by atoms with Gasteiger partial charge >= 0.3 is 0 Å².